The molecular weight excluding hydrogens is 567 g/mol. The largest absolute Gasteiger partial charge is 0.416 e. The van der Waals surface area contributed by atoms with Gasteiger partial charge in [-0.25, -0.2) is 4.98 Å². The van der Waals surface area contributed by atoms with Gasteiger partial charge in [-0.1, -0.05) is 103 Å². The Morgan fingerprint density at radius 1 is 0.628 bits per heavy atom. The van der Waals surface area contributed by atoms with E-state index in [1.807, 2.05) is 109 Å². The molecule has 0 aliphatic carbocycles. The van der Waals surface area contributed by atoms with Crippen LogP contribution in [0.4, 0.5) is 13.2 Å². The van der Waals surface area contributed by atoms with Crippen LogP contribution in [0, 0.1) is 0 Å². The minimum absolute atomic E-state index is 0.604. The maximum absolute atomic E-state index is 13.4. The second kappa shape index (κ2) is 10.6. The third kappa shape index (κ3) is 4.90. The summed E-state index contributed by atoms with van der Waals surface area (Å²) < 4.78 is 42.4. The minimum atomic E-state index is -4.43. The summed E-state index contributed by atoms with van der Waals surface area (Å²) in [6, 6.07) is 40.6. The molecule has 2 heterocycles. The van der Waals surface area contributed by atoms with Gasteiger partial charge in [0.2, 0.25) is 0 Å². The molecule has 43 heavy (non-hydrogen) atoms. The highest BCUT2D eigenvalue weighted by molar-refractivity contribution is 6.30. The van der Waals surface area contributed by atoms with Crippen molar-refractivity contribution in [1.29, 1.82) is 0 Å². The first-order valence-corrected chi connectivity index (χ1v) is 14.0. The standard InChI is InChI=1S/C36H23ClF3N3/c37-27-19-21-28(22-20-27)43-34(25-11-5-2-6-12-25)33(23-9-3-1-4-10-23)42-35(43)31-29-13-7-8-14-30(29)41-32(31)24-15-17-26(18-16-24)36(38,39)40/h1-22,41H. The van der Waals surface area contributed by atoms with E-state index in [2.05, 4.69) is 9.55 Å². The summed E-state index contributed by atoms with van der Waals surface area (Å²) in [5, 5.41) is 1.50. The van der Waals surface area contributed by atoms with Crippen molar-refractivity contribution in [2.24, 2.45) is 0 Å². The summed E-state index contributed by atoms with van der Waals surface area (Å²) in [5.74, 6) is 0.646. The number of para-hydroxylation sites is 1. The number of halogens is 4. The van der Waals surface area contributed by atoms with Gasteiger partial charge in [-0.3, -0.25) is 4.57 Å². The monoisotopic (exact) mass is 589 g/mol. The highest BCUT2D eigenvalue weighted by Gasteiger charge is 2.31. The Balaban J connectivity index is 1.59. The molecule has 0 atom stereocenters. The van der Waals surface area contributed by atoms with E-state index in [9.17, 15) is 13.2 Å². The van der Waals surface area contributed by atoms with Crippen molar-refractivity contribution in [3.8, 4) is 50.8 Å². The number of nitrogens with one attached hydrogen (secondary N) is 1. The molecular formula is C36H23ClF3N3. The van der Waals surface area contributed by atoms with Gasteiger partial charge >= 0.3 is 6.18 Å². The van der Waals surface area contributed by atoms with E-state index >= 15 is 0 Å². The van der Waals surface area contributed by atoms with E-state index in [-0.39, 0.29) is 0 Å². The van der Waals surface area contributed by atoms with Crippen LogP contribution in [-0.4, -0.2) is 14.5 Å². The lowest BCUT2D eigenvalue weighted by molar-refractivity contribution is -0.137. The summed E-state index contributed by atoms with van der Waals surface area (Å²) in [6.07, 6.45) is -4.43. The minimum Gasteiger partial charge on any atom is -0.354 e. The molecule has 7 rings (SSSR count). The fourth-order valence-electron chi connectivity index (χ4n) is 5.51. The summed E-state index contributed by atoms with van der Waals surface area (Å²) >= 11 is 6.31. The van der Waals surface area contributed by atoms with E-state index in [1.165, 1.54) is 12.1 Å². The normalized spacial score (nSPS) is 11.7. The Hall–Kier alpha value is -5.07. The SMILES string of the molecule is FC(F)(F)c1ccc(-c2[nH]c3ccccc3c2-c2nc(-c3ccccc3)c(-c3ccccc3)n2-c2ccc(Cl)cc2)cc1. The van der Waals surface area contributed by atoms with Gasteiger partial charge in [0.25, 0.3) is 0 Å². The van der Waals surface area contributed by atoms with Crippen LogP contribution in [0.1, 0.15) is 5.56 Å². The van der Waals surface area contributed by atoms with Gasteiger partial charge in [-0.05, 0) is 48.0 Å². The predicted molar refractivity (Wildman–Crippen MR) is 167 cm³/mol. The molecule has 0 radical (unpaired) electrons. The first-order chi connectivity index (χ1) is 20.9. The molecule has 7 heteroatoms. The number of hydrogen-bond donors (Lipinski definition) is 1. The maximum atomic E-state index is 13.4. The number of benzene rings is 5. The van der Waals surface area contributed by atoms with Crippen LogP contribution >= 0.6 is 11.6 Å². The number of nitrogens with zero attached hydrogens (tertiary/aromatic N) is 2. The Kier molecular flexibility index (Phi) is 6.63. The van der Waals surface area contributed by atoms with Gasteiger partial charge in [0.05, 0.1) is 28.2 Å². The molecule has 2 aromatic heterocycles. The van der Waals surface area contributed by atoms with Gasteiger partial charge in [-0.2, -0.15) is 13.2 Å². The van der Waals surface area contributed by atoms with Crippen LogP contribution in [-0.2, 0) is 6.18 Å². The lowest BCUT2D eigenvalue weighted by Crippen LogP contribution is -2.04. The Labute approximate surface area is 250 Å². The third-order valence-electron chi connectivity index (χ3n) is 7.49. The molecule has 7 aromatic rings. The first-order valence-electron chi connectivity index (χ1n) is 13.7. The van der Waals surface area contributed by atoms with Gasteiger partial charge < -0.3 is 4.98 Å². The molecule has 0 bridgehead atoms. The molecule has 0 saturated heterocycles. The number of rotatable bonds is 5. The zero-order valence-corrected chi connectivity index (χ0v) is 23.4. The lowest BCUT2D eigenvalue weighted by Gasteiger charge is -2.15. The fourth-order valence-corrected chi connectivity index (χ4v) is 5.63. The highest BCUT2D eigenvalue weighted by Crippen LogP contribution is 2.44. The van der Waals surface area contributed by atoms with Crippen molar-refractivity contribution in [2.45, 2.75) is 6.18 Å². The fraction of sp³-hybridized carbons (Fsp3) is 0.0278. The molecule has 0 saturated carbocycles. The summed E-state index contributed by atoms with van der Waals surface area (Å²) in [5.41, 5.74) is 6.63. The summed E-state index contributed by atoms with van der Waals surface area (Å²) in [7, 11) is 0. The number of hydrogen-bond acceptors (Lipinski definition) is 1. The van der Waals surface area contributed by atoms with Crippen molar-refractivity contribution >= 4 is 22.5 Å². The number of H-pyrrole nitrogens is 1. The predicted octanol–water partition coefficient (Wildman–Crippen LogP) is 10.7. The second-order valence-electron chi connectivity index (χ2n) is 10.2. The van der Waals surface area contributed by atoms with Crippen molar-refractivity contribution in [2.75, 3.05) is 0 Å². The lowest BCUT2D eigenvalue weighted by atomic mass is 10.0. The van der Waals surface area contributed by atoms with E-state index < -0.39 is 11.7 Å². The van der Waals surface area contributed by atoms with Crippen molar-refractivity contribution in [3.63, 3.8) is 0 Å². The van der Waals surface area contributed by atoms with Crippen LogP contribution in [0.25, 0.3) is 61.8 Å². The molecule has 0 spiro atoms. The average molecular weight is 590 g/mol. The van der Waals surface area contributed by atoms with Gasteiger partial charge in [0.1, 0.15) is 5.82 Å². The number of aromatic nitrogens is 3. The number of imidazole rings is 1. The zero-order valence-electron chi connectivity index (χ0n) is 22.6. The smallest absolute Gasteiger partial charge is 0.354 e. The second-order valence-corrected chi connectivity index (χ2v) is 10.6. The van der Waals surface area contributed by atoms with Crippen molar-refractivity contribution in [1.82, 2.24) is 14.5 Å². The molecule has 1 N–H and O–H groups in total. The van der Waals surface area contributed by atoms with Crippen LogP contribution < -0.4 is 0 Å². The topological polar surface area (TPSA) is 33.6 Å². The Morgan fingerprint density at radius 3 is 1.88 bits per heavy atom. The molecule has 210 valence electrons. The van der Waals surface area contributed by atoms with E-state index in [0.29, 0.717) is 22.1 Å². The average Bonchev–Trinajstić information content (AvgIpc) is 3.61. The van der Waals surface area contributed by atoms with Crippen LogP contribution in [0.3, 0.4) is 0 Å². The molecule has 0 amide bonds. The van der Waals surface area contributed by atoms with E-state index in [0.717, 1.165) is 56.8 Å². The molecule has 0 unspecified atom stereocenters. The van der Waals surface area contributed by atoms with Crippen LogP contribution in [0.15, 0.2) is 133 Å². The molecule has 5 aromatic carbocycles. The van der Waals surface area contributed by atoms with Crippen LogP contribution in [0.2, 0.25) is 5.02 Å². The first kappa shape index (κ1) is 26.8. The quantitative estimate of drug-likeness (QED) is 0.213. The highest BCUT2D eigenvalue weighted by atomic mass is 35.5. The third-order valence-corrected chi connectivity index (χ3v) is 7.74. The van der Waals surface area contributed by atoms with E-state index in [4.69, 9.17) is 16.6 Å². The number of alkyl halides is 3. The summed E-state index contributed by atoms with van der Waals surface area (Å²) in [6.45, 7) is 0. The van der Waals surface area contributed by atoms with Gasteiger partial charge in [0.15, 0.2) is 0 Å². The molecule has 0 fully saturated rings. The van der Waals surface area contributed by atoms with Crippen LogP contribution in [0.5, 0.6) is 0 Å². The Morgan fingerprint density at radius 2 is 1.23 bits per heavy atom. The Bertz CT molecular complexity index is 2040. The molecule has 0 aliphatic rings. The van der Waals surface area contributed by atoms with Gasteiger partial charge in [-0.15, -0.1) is 0 Å². The maximum Gasteiger partial charge on any atom is 0.416 e. The van der Waals surface area contributed by atoms with Crippen molar-refractivity contribution in [3.05, 3.63) is 144 Å². The number of aromatic amines is 1. The zero-order chi connectivity index (χ0) is 29.6. The number of fused-ring (bicyclic) bond motifs is 1. The summed E-state index contributed by atoms with van der Waals surface area (Å²) in [4.78, 5) is 8.80. The molecule has 3 nitrogen and oxygen atoms in total. The molecule has 0 aliphatic heterocycles. The van der Waals surface area contributed by atoms with Gasteiger partial charge in [0, 0.05) is 32.7 Å². The van der Waals surface area contributed by atoms with Crippen molar-refractivity contribution < 1.29 is 13.2 Å². The van der Waals surface area contributed by atoms with E-state index in [1.54, 1.807) is 0 Å².